The minimum Gasteiger partial charge on any atom is -0.497 e. The van der Waals surface area contributed by atoms with Gasteiger partial charge in [-0.2, -0.15) is 4.98 Å². The van der Waals surface area contributed by atoms with Crippen LogP contribution < -0.4 is 4.74 Å². The number of carbonyl (C=O) groups is 2. The average Bonchev–Trinajstić information content (AvgIpc) is 3.51. The lowest BCUT2D eigenvalue weighted by Crippen LogP contribution is -2.56. The summed E-state index contributed by atoms with van der Waals surface area (Å²) in [5, 5.41) is 3.94. The van der Waals surface area contributed by atoms with Crippen LogP contribution in [0.3, 0.4) is 0 Å². The first-order valence-corrected chi connectivity index (χ1v) is 12.5. The largest absolute Gasteiger partial charge is 0.497 e. The summed E-state index contributed by atoms with van der Waals surface area (Å²) in [6.45, 7) is 0.568. The van der Waals surface area contributed by atoms with Gasteiger partial charge in [0.1, 0.15) is 11.8 Å². The Labute approximate surface area is 199 Å². The lowest BCUT2D eigenvalue weighted by atomic mass is 9.49. The van der Waals surface area contributed by atoms with E-state index in [-0.39, 0.29) is 23.9 Å². The maximum absolute atomic E-state index is 13.8. The number of benzene rings is 1. The van der Waals surface area contributed by atoms with Crippen LogP contribution in [0.2, 0.25) is 0 Å². The standard InChI is InChI=1S/C26H31N3O5/c1-32-20-6-4-19(5-7-20)23-27-22(28-34-23)15-33-24(30)21-3-2-8-29(21)25(31)26-12-16-9-17(13-26)11-18(10-16)14-26/h4-7,16-18,21H,2-3,8-15H2,1H3. The Kier molecular flexibility index (Phi) is 5.34. The van der Waals surface area contributed by atoms with Crippen LogP contribution in [0.1, 0.15) is 57.2 Å². The van der Waals surface area contributed by atoms with E-state index in [0.717, 1.165) is 37.0 Å². The predicted octanol–water partition coefficient (Wildman–Crippen LogP) is 4.00. The third-order valence-electron chi connectivity index (χ3n) is 8.43. The molecule has 34 heavy (non-hydrogen) atoms. The summed E-state index contributed by atoms with van der Waals surface area (Å²) in [5.41, 5.74) is 0.521. The molecule has 7 rings (SSSR count). The van der Waals surface area contributed by atoms with Gasteiger partial charge < -0.3 is 18.9 Å². The molecule has 0 N–H and O–H groups in total. The van der Waals surface area contributed by atoms with Gasteiger partial charge in [0, 0.05) is 12.1 Å². The van der Waals surface area contributed by atoms with Crippen molar-refractivity contribution >= 4 is 11.9 Å². The molecule has 1 amide bonds. The highest BCUT2D eigenvalue weighted by atomic mass is 16.5. The Bertz CT molecular complexity index is 1040. The van der Waals surface area contributed by atoms with Crippen molar-refractivity contribution in [2.75, 3.05) is 13.7 Å². The molecule has 180 valence electrons. The van der Waals surface area contributed by atoms with Crippen LogP contribution in [-0.2, 0) is 20.9 Å². The highest BCUT2D eigenvalue weighted by Gasteiger charge is 2.57. The van der Waals surface area contributed by atoms with Crippen LogP contribution in [0.5, 0.6) is 5.75 Å². The average molecular weight is 466 g/mol. The van der Waals surface area contributed by atoms with Crippen molar-refractivity contribution in [3.05, 3.63) is 30.1 Å². The number of nitrogens with zero attached hydrogens (tertiary/aromatic N) is 3. The molecule has 1 unspecified atom stereocenters. The van der Waals surface area contributed by atoms with E-state index >= 15 is 0 Å². The molecule has 8 nitrogen and oxygen atoms in total. The molecule has 0 spiro atoms. The molecular weight excluding hydrogens is 434 g/mol. The van der Waals surface area contributed by atoms with E-state index in [1.54, 1.807) is 7.11 Å². The van der Waals surface area contributed by atoms with Crippen molar-refractivity contribution in [3.8, 4) is 17.2 Å². The molecule has 4 aliphatic carbocycles. The lowest BCUT2D eigenvalue weighted by molar-refractivity contribution is -0.166. The van der Waals surface area contributed by atoms with Gasteiger partial charge in [0.25, 0.3) is 5.89 Å². The summed E-state index contributed by atoms with van der Waals surface area (Å²) in [5.74, 6) is 3.31. The van der Waals surface area contributed by atoms with Gasteiger partial charge in [-0.1, -0.05) is 5.16 Å². The van der Waals surface area contributed by atoms with Crippen molar-refractivity contribution in [1.29, 1.82) is 0 Å². The second-order valence-corrected chi connectivity index (χ2v) is 10.7. The molecule has 8 heteroatoms. The number of likely N-dealkylation sites (tertiary alicyclic amines) is 1. The van der Waals surface area contributed by atoms with Crippen molar-refractivity contribution in [3.63, 3.8) is 0 Å². The molecule has 2 heterocycles. The topological polar surface area (TPSA) is 94.8 Å². The Morgan fingerprint density at radius 3 is 2.41 bits per heavy atom. The molecule has 2 aromatic rings. The summed E-state index contributed by atoms with van der Waals surface area (Å²) in [7, 11) is 1.61. The van der Waals surface area contributed by atoms with Gasteiger partial charge in [-0.05, 0) is 93.4 Å². The van der Waals surface area contributed by atoms with Crippen molar-refractivity contribution in [1.82, 2.24) is 15.0 Å². The zero-order valence-electron chi connectivity index (χ0n) is 19.6. The second-order valence-electron chi connectivity index (χ2n) is 10.7. The third kappa shape index (κ3) is 3.77. The number of methoxy groups -OCH3 is 1. The summed E-state index contributed by atoms with van der Waals surface area (Å²) < 4.78 is 16.0. The maximum Gasteiger partial charge on any atom is 0.329 e. The Hall–Kier alpha value is -2.90. The number of aromatic nitrogens is 2. The molecule has 5 aliphatic rings. The summed E-state index contributed by atoms with van der Waals surface area (Å²) in [4.78, 5) is 32.9. The monoisotopic (exact) mass is 465 g/mol. The van der Waals surface area contributed by atoms with E-state index in [1.807, 2.05) is 29.2 Å². The highest BCUT2D eigenvalue weighted by molar-refractivity contribution is 5.89. The van der Waals surface area contributed by atoms with E-state index in [2.05, 4.69) is 10.1 Å². The fourth-order valence-electron chi connectivity index (χ4n) is 7.33. The van der Waals surface area contributed by atoms with Gasteiger partial charge in [-0.3, -0.25) is 4.79 Å². The van der Waals surface area contributed by atoms with Crippen molar-refractivity contribution in [2.45, 2.75) is 64.0 Å². The van der Waals surface area contributed by atoms with Crippen LogP contribution >= 0.6 is 0 Å². The smallest absolute Gasteiger partial charge is 0.329 e. The Morgan fingerprint density at radius 1 is 1.09 bits per heavy atom. The number of carbonyl (C=O) groups excluding carboxylic acids is 2. The molecule has 1 saturated heterocycles. The first-order chi connectivity index (χ1) is 16.5. The molecule has 4 bridgehead atoms. The Morgan fingerprint density at radius 2 is 1.76 bits per heavy atom. The van der Waals surface area contributed by atoms with Gasteiger partial charge in [0.2, 0.25) is 11.7 Å². The maximum atomic E-state index is 13.8. The summed E-state index contributed by atoms with van der Waals surface area (Å²) in [6.07, 6.45) is 8.39. The molecule has 0 radical (unpaired) electrons. The van der Waals surface area contributed by atoms with Crippen LogP contribution in [-0.4, -0.2) is 46.6 Å². The molecule has 1 aliphatic heterocycles. The molecule has 4 saturated carbocycles. The molecule has 1 aromatic carbocycles. The molecule has 5 fully saturated rings. The summed E-state index contributed by atoms with van der Waals surface area (Å²) in [6, 6.07) is 6.78. The number of hydrogen-bond acceptors (Lipinski definition) is 7. The predicted molar refractivity (Wildman–Crippen MR) is 121 cm³/mol. The van der Waals surface area contributed by atoms with Gasteiger partial charge >= 0.3 is 5.97 Å². The minimum atomic E-state index is -0.506. The third-order valence-corrected chi connectivity index (χ3v) is 8.43. The fraction of sp³-hybridized carbons (Fsp3) is 0.615. The highest BCUT2D eigenvalue weighted by Crippen LogP contribution is 2.60. The first-order valence-electron chi connectivity index (χ1n) is 12.5. The van der Waals surface area contributed by atoms with Crippen LogP contribution in [0.4, 0.5) is 0 Å². The fourth-order valence-corrected chi connectivity index (χ4v) is 7.33. The lowest BCUT2D eigenvalue weighted by Gasteiger charge is -2.56. The molecule has 1 atom stereocenters. The summed E-state index contributed by atoms with van der Waals surface area (Å²) >= 11 is 0. The zero-order chi connectivity index (χ0) is 23.3. The van der Waals surface area contributed by atoms with Crippen LogP contribution in [0.25, 0.3) is 11.5 Å². The van der Waals surface area contributed by atoms with Crippen LogP contribution in [0, 0.1) is 23.2 Å². The van der Waals surface area contributed by atoms with Crippen molar-refractivity contribution in [2.24, 2.45) is 23.2 Å². The van der Waals surface area contributed by atoms with E-state index in [1.165, 1.54) is 19.3 Å². The number of rotatable bonds is 6. The second kappa shape index (κ2) is 8.40. The van der Waals surface area contributed by atoms with E-state index in [9.17, 15) is 9.59 Å². The van der Waals surface area contributed by atoms with Gasteiger partial charge in [-0.25, -0.2) is 4.79 Å². The normalized spacial score (nSPS) is 31.6. The van der Waals surface area contributed by atoms with Crippen LogP contribution in [0.15, 0.2) is 28.8 Å². The molecule has 1 aromatic heterocycles. The van der Waals surface area contributed by atoms with E-state index in [4.69, 9.17) is 14.0 Å². The van der Waals surface area contributed by atoms with Gasteiger partial charge in [0.05, 0.1) is 12.5 Å². The zero-order valence-corrected chi connectivity index (χ0v) is 19.6. The quantitative estimate of drug-likeness (QED) is 0.595. The van der Waals surface area contributed by atoms with E-state index in [0.29, 0.717) is 42.4 Å². The van der Waals surface area contributed by atoms with Crippen molar-refractivity contribution < 1.29 is 23.6 Å². The van der Waals surface area contributed by atoms with E-state index < -0.39 is 6.04 Å². The number of esters is 1. The number of ether oxygens (including phenoxy) is 2. The SMILES string of the molecule is COc1ccc(-c2nc(COC(=O)C3CCCN3C(=O)C34CC5CC(CC(C5)C3)C4)no2)cc1. The van der Waals surface area contributed by atoms with Gasteiger partial charge in [-0.15, -0.1) is 0 Å². The number of amides is 1. The minimum absolute atomic E-state index is 0.0750. The van der Waals surface area contributed by atoms with Gasteiger partial charge in [0.15, 0.2) is 6.61 Å². The molecular formula is C26H31N3O5. The Balaban J connectivity index is 1.09. The number of hydrogen-bond donors (Lipinski definition) is 0. The first kappa shape index (κ1) is 21.6.